The van der Waals surface area contributed by atoms with Crippen molar-refractivity contribution < 1.29 is 9.59 Å². The number of carbonyl (C=O) groups excluding carboxylic acids is 2. The van der Waals surface area contributed by atoms with E-state index in [1.54, 1.807) is 6.07 Å². The summed E-state index contributed by atoms with van der Waals surface area (Å²) < 4.78 is 1.06. The topological polar surface area (TPSA) is 71.1 Å². The van der Waals surface area contributed by atoms with Gasteiger partial charge in [0.1, 0.15) is 0 Å². The summed E-state index contributed by atoms with van der Waals surface area (Å²) in [7, 11) is 0. The molecule has 0 aliphatic carbocycles. The van der Waals surface area contributed by atoms with Crippen LogP contribution in [0.15, 0.2) is 64.9 Å². The van der Waals surface area contributed by atoms with Crippen molar-refractivity contribution in [2.75, 3.05) is 16.4 Å². The first kappa shape index (κ1) is 19.6. The first-order chi connectivity index (χ1) is 14.1. The number of benzene rings is 2. The molecule has 2 aromatic heterocycles. The first-order valence-corrected chi connectivity index (χ1v) is 11.5. The number of thioether (sulfide) groups is 1. The Morgan fingerprint density at radius 3 is 2.66 bits per heavy atom. The molecule has 2 N–H and O–H groups in total. The molecular formula is C21H17N3O2S3. The van der Waals surface area contributed by atoms with Gasteiger partial charge in [-0.1, -0.05) is 23.5 Å². The largest absolute Gasteiger partial charge is 0.321 e. The van der Waals surface area contributed by atoms with Crippen LogP contribution in [0.3, 0.4) is 0 Å². The van der Waals surface area contributed by atoms with Crippen LogP contribution in [0.5, 0.6) is 0 Å². The molecule has 0 spiro atoms. The zero-order valence-electron chi connectivity index (χ0n) is 15.5. The second-order valence-electron chi connectivity index (χ2n) is 6.28. The molecule has 146 valence electrons. The van der Waals surface area contributed by atoms with Gasteiger partial charge < -0.3 is 10.6 Å². The van der Waals surface area contributed by atoms with Crippen LogP contribution in [0, 0.1) is 6.92 Å². The third-order valence-electron chi connectivity index (χ3n) is 4.02. The zero-order valence-corrected chi connectivity index (χ0v) is 17.9. The molecule has 0 bridgehead atoms. The summed E-state index contributed by atoms with van der Waals surface area (Å²) in [6.45, 7) is 2.03. The van der Waals surface area contributed by atoms with Gasteiger partial charge in [-0.25, -0.2) is 4.98 Å². The minimum Gasteiger partial charge on any atom is -0.321 e. The molecule has 29 heavy (non-hydrogen) atoms. The summed E-state index contributed by atoms with van der Waals surface area (Å²) in [4.78, 5) is 30.4. The van der Waals surface area contributed by atoms with Crippen molar-refractivity contribution >= 4 is 67.3 Å². The second-order valence-corrected chi connectivity index (χ2v) is 9.31. The van der Waals surface area contributed by atoms with E-state index < -0.39 is 0 Å². The van der Waals surface area contributed by atoms with Crippen molar-refractivity contribution in [3.8, 4) is 0 Å². The maximum Gasteiger partial charge on any atom is 0.265 e. The van der Waals surface area contributed by atoms with Gasteiger partial charge in [-0.15, -0.1) is 23.1 Å². The summed E-state index contributed by atoms with van der Waals surface area (Å²) in [5.74, 6) is 0.0715. The highest BCUT2D eigenvalue weighted by atomic mass is 32.2. The second kappa shape index (κ2) is 8.77. The van der Waals surface area contributed by atoms with E-state index in [4.69, 9.17) is 0 Å². The lowest BCUT2D eigenvalue weighted by molar-refractivity contribution is -0.113. The number of rotatable bonds is 6. The highest BCUT2D eigenvalue weighted by Crippen LogP contribution is 2.27. The Hall–Kier alpha value is -2.68. The average molecular weight is 440 g/mol. The number of anilines is 2. The minimum absolute atomic E-state index is 0.0964. The Morgan fingerprint density at radius 2 is 1.90 bits per heavy atom. The van der Waals surface area contributed by atoms with Gasteiger partial charge in [0.2, 0.25) is 5.91 Å². The van der Waals surface area contributed by atoms with Crippen LogP contribution in [0.1, 0.15) is 15.2 Å². The number of nitrogens with zero attached hydrogens (tertiary/aromatic N) is 1. The Kier molecular flexibility index (Phi) is 5.94. The third-order valence-corrected chi connectivity index (χ3v) is 6.83. The molecule has 0 aliphatic rings. The molecule has 0 atom stereocenters. The lowest BCUT2D eigenvalue weighted by Gasteiger charge is -2.06. The van der Waals surface area contributed by atoms with Gasteiger partial charge in [0.05, 0.1) is 20.8 Å². The molecule has 0 saturated carbocycles. The molecule has 0 radical (unpaired) electrons. The van der Waals surface area contributed by atoms with E-state index in [0.717, 1.165) is 20.8 Å². The molecule has 4 aromatic rings. The van der Waals surface area contributed by atoms with Crippen molar-refractivity contribution in [1.82, 2.24) is 4.98 Å². The summed E-state index contributed by atoms with van der Waals surface area (Å²) in [5.41, 5.74) is 2.79. The van der Waals surface area contributed by atoms with Gasteiger partial charge >= 0.3 is 0 Å². The van der Waals surface area contributed by atoms with Gasteiger partial charge in [0.15, 0.2) is 5.13 Å². The predicted octanol–water partition coefficient (Wildman–Crippen LogP) is 5.65. The molecule has 2 aromatic carbocycles. The number of hydrogen-bond acceptors (Lipinski definition) is 6. The number of hydrogen-bond donors (Lipinski definition) is 2. The fourth-order valence-electron chi connectivity index (χ4n) is 2.62. The molecule has 2 heterocycles. The summed E-state index contributed by atoms with van der Waals surface area (Å²) in [5, 5.41) is 8.21. The number of nitrogens with one attached hydrogen (secondary N) is 2. The molecule has 0 unspecified atom stereocenters. The maximum atomic E-state index is 12.3. The van der Waals surface area contributed by atoms with Gasteiger partial charge in [0.25, 0.3) is 5.91 Å². The first-order valence-electron chi connectivity index (χ1n) is 8.81. The van der Waals surface area contributed by atoms with E-state index in [1.807, 2.05) is 54.8 Å². The summed E-state index contributed by atoms with van der Waals surface area (Å²) >= 11 is 4.32. The van der Waals surface area contributed by atoms with Crippen molar-refractivity contribution in [2.24, 2.45) is 0 Å². The Balaban J connectivity index is 1.30. The van der Waals surface area contributed by atoms with E-state index in [9.17, 15) is 9.59 Å². The normalized spacial score (nSPS) is 10.8. The van der Waals surface area contributed by atoms with E-state index in [2.05, 4.69) is 21.7 Å². The van der Waals surface area contributed by atoms with Crippen molar-refractivity contribution in [2.45, 2.75) is 11.8 Å². The quantitative estimate of drug-likeness (QED) is 0.381. The van der Waals surface area contributed by atoms with E-state index in [1.165, 1.54) is 40.0 Å². The van der Waals surface area contributed by atoms with Crippen LogP contribution in [0.2, 0.25) is 0 Å². The van der Waals surface area contributed by atoms with Gasteiger partial charge in [-0.3, -0.25) is 9.59 Å². The average Bonchev–Trinajstić information content (AvgIpc) is 3.37. The van der Waals surface area contributed by atoms with Gasteiger partial charge in [0, 0.05) is 10.6 Å². The van der Waals surface area contributed by atoms with Crippen LogP contribution in [-0.4, -0.2) is 22.6 Å². The van der Waals surface area contributed by atoms with Crippen LogP contribution >= 0.6 is 34.4 Å². The number of aryl methyl sites for hydroxylation is 1. The van der Waals surface area contributed by atoms with Crippen molar-refractivity contribution in [3.63, 3.8) is 0 Å². The monoisotopic (exact) mass is 439 g/mol. The highest BCUT2D eigenvalue weighted by Gasteiger charge is 2.10. The molecule has 0 aliphatic heterocycles. The van der Waals surface area contributed by atoms with Crippen molar-refractivity contribution in [3.05, 3.63) is 70.4 Å². The number of carbonyl (C=O) groups is 2. The van der Waals surface area contributed by atoms with Crippen LogP contribution in [0.4, 0.5) is 10.8 Å². The number of aromatic nitrogens is 1. The Bertz CT molecular complexity index is 1150. The number of fused-ring (bicyclic) bond motifs is 1. The lowest BCUT2D eigenvalue weighted by Crippen LogP contribution is -2.13. The summed E-state index contributed by atoms with van der Waals surface area (Å²) in [6, 6.07) is 17.1. The van der Waals surface area contributed by atoms with E-state index >= 15 is 0 Å². The smallest absolute Gasteiger partial charge is 0.265 e. The molecule has 5 nitrogen and oxygen atoms in total. The SMILES string of the molecule is Cc1ccc2nc(NC(=O)CSc3ccc(NC(=O)c4cccs4)cc3)sc2c1. The van der Waals surface area contributed by atoms with Crippen LogP contribution in [0.25, 0.3) is 10.2 Å². The lowest BCUT2D eigenvalue weighted by atomic mass is 10.2. The Morgan fingerprint density at radius 1 is 1.07 bits per heavy atom. The fourth-order valence-corrected chi connectivity index (χ4v) is 4.92. The van der Waals surface area contributed by atoms with E-state index in [-0.39, 0.29) is 17.6 Å². The van der Waals surface area contributed by atoms with Crippen LogP contribution < -0.4 is 10.6 Å². The highest BCUT2D eigenvalue weighted by molar-refractivity contribution is 8.00. The predicted molar refractivity (Wildman–Crippen MR) is 122 cm³/mol. The third kappa shape index (κ3) is 5.03. The summed E-state index contributed by atoms with van der Waals surface area (Å²) in [6.07, 6.45) is 0. The van der Waals surface area contributed by atoms with Gasteiger partial charge in [-0.2, -0.15) is 0 Å². The van der Waals surface area contributed by atoms with Crippen LogP contribution in [-0.2, 0) is 4.79 Å². The molecule has 4 rings (SSSR count). The Labute approximate surface area is 180 Å². The zero-order chi connectivity index (χ0) is 20.2. The molecule has 0 fully saturated rings. The fraction of sp³-hybridized carbons (Fsp3) is 0.0952. The molecule has 2 amide bonds. The van der Waals surface area contributed by atoms with Gasteiger partial charge in [-0.05, 0) is 60.3 Å². The number of amides is 2. The maximum absolute atomic E-state index is 12.3. The molecule has 8 heteroatoms. The number of thiazole rings is 1. The van der Waals surface area contributed by atoms with Crippen molar-refractivity contribution in [1.29, 1.82) is 0 Å². The van der Waals surface area contributed by atoms with E-state index in [0.29, 0.717) is 10.0 Å². The minimum atomic E-state index is -0.120. The number of thiophene rings is 1. The molecule has 0 saturated heterocycles. The standard InChI is InChI=1S/C21H17N3O2S3/c1-13-4-9-16-18(11-13)29-21(23-16)24-19(25)12-28-15-7-5-14(6-8-15)22-20(26)17-3-2-10-27-17/h2-11H,12H2,1H3,(H,22,26)(H,23,24,25). The molecular weight excluding hydrogens is 422 g/mol.